The highest BCUT2D eigenvalue weighted by Crippen LogP contribution is 2.60. The lowest BCUT2D eigenvalue weighted by molar-refractivity contribution is 0.768. The third-order valence-electron chi connectivity index (χ3n) is 16.3. The van der Waals surface area contributed by atoms with Crippen LogP contribution >= 0.6 is 0 Å². The van der Waals surface area contributed by atoms with E-state index in [4.69, 9.17) is 0 Å². The van der Waals surface area contributed by atoms with Crippen LogP contribution in [-0.4, -0.2) is 4.57 Å². The Morgan fingerprint density at radius 2 is 0.703 bits per heavy atom. The molecule has 0 aliphatic heterocycles. The third kappa shape index (κ3) is 5.94. The van der Waals surface area contributed by atoms with Gasteiger partial charge in [-0.2, -0.15) is 0 Å². The molecule has 74 heavy (non-hydrogen) atoms. The first kappa shape index (κ1) is 42.2. The van der Waals surface area contributed by atoms with Crippen molar-refractivity contribution >= 4 is 49.6 Å². The minimum atomic E-state index is -0.714. The van der Waals surface area contributed by atoms with E-state index in [2.05, 4.69) is 301 Å². The quantitative estimate of drug-likeness (QED) is 0.147. The molecule has 13 aromatic rings. The molecule has 12 aromatic carbocycles. The summed E-state index contributed by atoms with van der Waals surface area (Å²) < 4.78 is 2.50. The van der Waals surface area contributed by atoms with Crippen molar-refractivity contribution in [1.29, 1.82) is 0 Å². The summed E-state index contributed by atoms with van der Waals surface area (Å²) >= 11 is 0. The number of nitrogens with zero attached hydrogens (tertiary/aromatic N) is 2. The van der Waals surface area contributed by atoms with Crippen LogP contribution < -0.4 is 4.90 Å². The predicted octanol–water partition coefficient (Wildman–Crippen LogP) is 18.1. The minimum Gasteiger partial charge on any atom is -0.310 e. The van der Waals surface area contributed by atoms with Crippen LogP contribution in [0.25, 0.3) is 60.5 Å². The maximum atomic E-state index is 2.52. The highest BCUT2D eigenvalue weighted by atomic mass is 15.1. The summed E-state index contributed by atoms with van der Waals surface area (Å²) in [6.45, 7) is 0. The molecule has 1 unspecified atom stereocenters. The van der Waals surface area contributed by atoms with Gasteiger partial charge in [0.2, 0.25) is 0 Å². The van der Waals surface area contributed by atoms with E-state index in [1.54, 1.807) is 0 Å². The number of hydrogen-bond acceptors (Lipinski definition) is 1. The summed E-state index contributed by atoms with van der Waals surface area (Å²) in [6.07, 6.45) is 0. The highest BCUT2D eigenvalue weighted by molar-refractivity contribution is 6.11. The van der Waals surface area contributed by atoms with Crippen molar-refractivity contribution in [2.75, 3.05) is 4.90 Å². The number of anilines is 3. The molecule has 2 nitrogen and oxygen atoms in total. The topological polar surface area (TPSA) is 8.17 Å². The lowest BCUT2D eigenvalue weighted by Crippen LogP contribution is -2.29. The fourth-order valence-electron chi connectivity index (χ4n) is 13.4. The molecule has 0 N–H and O–H groups in total. The van der Waals surface area contributed by atoms with Gasteiger partial charge < -0.3 is 9.47 Å². The van der Waals surface area contributed by atoms with Crippen LogP contribution in [0.3, 0.4) is 0 Å². The second-order valence-electron chi connectivity index (χ2n) is 19.9. The van der Waals surface area contributed by atoms with Crippen LogP contribution in [0.4, 0.5) is 17.1 Å². The fraction of sp³-hybridized carbons (Fsp3) is 0.0278. The third-order valence-corrected chi connectivity index (χ3v) is 16.3. The van der Waals surface area contributed by atoms with E-state index in [1.165, 1.54) is 99.3 Å². The summed E-state index contributed by atoms with van der Waals surface area (Å²) in [4.78, 5) is 2.51. The zero-order chi connectivity index (χ0) is 48.8. The van der Waals surface area contributed by atoms with Crippen molar-refractivity contribution in [3.8, 4) is 27.9 Å². The van der Waals surface area contributed by atoms with E-state index in [9.17, 15) is 0 Å². The summed E-state index contributed by atoms with van der Waals surface area (Å²) in [5.74, 6) is 0. The second-order valence-corrected chi connectivity index (χ2v) is 19.9. The second kappa shape index (κ2) is 16.5. The van der Waals surface area contributed by atoms with E-state index >= 15 is 0 Å². The molecule has 15 rings (SSSR count). The molecule has 346 valence electrons. The molecule has 0 bridgehead atoms. The molecule has 0 spiro atoms. The Hall–Kier alpha value is -9.50. The lowest BCUT2D eigenvalue weighted by Gasteiger charge is -2.36. The standard InChI is InChI=1S/C72H48N2/c1-5-24-51(25-6-1)71(52-26-7-2-8-27-52)64-36-18-15-32-58(64)60-44-42-56(47-67(60)71)73(55-41-40-49-22-13-14-23-50(49)46-55)57-43-45-61-59-33-16-19-37-65(59)72(68(61)48-57,53-28-9-3-10-29-53)66-38-21-35-63-62-34-17-20-39-69(62)74(70(63)66)54-30-11-4-12-31-54/h1-48H. The average molecular weight is 941 g/mol. The fourth-order valence-corrected chi connectivity index (χ4v) is 13.4. The van der Waals surface area contributed by atoms with Gasteiger partial charge in [-0.3, -0.25) is 0 Å². The molecule has 1 heterocycles. The zero-order valence-corrected chi connectivity index (χ0v) is 40.6. The monoisotopic (exact) mass is 940 g/mol. The Balaban J connectivity index is 1.04. The van der Waals surface area contributed by atoms with Gasteiger partial charge in [-0.05, 0) is 132 Å². The number of aromatic nitrogens is 1. The van der Waals surface area contributed by atoms with Crippen LogP contribution in [0.1, 0.15) is 44.5 Å². The summed E-state index contributed by atoms with van der Waals surface area (Å²) in [6, 6.07) is 109. The lowest BCUT2D eigenvalue weighted by atomic mass is 9.67. The molecule has 0 saturated heterocycles. The molecule has 2 aliphatic rings. The Labute approximate surface area is 431 Å². The molecule has 2 aliphatic carbocycles. The number of hydrogen-bond donors (Lipinski definition) is 0. The first-order chi connectivity index (χ1) is 36.7. The van der Waals surface area contributed by atoms with Crippen LogP contribution in [0.2, 0.25) is 0 Å². The molecule has 0 fully saturated rings. The van der Waals surface area contributed by atoms with Crippen molar-refractivity contribution in [2.24, 2.45) is 0 Å². The van der Waals surface area contributed by atoms with Gasteiger partial charge in [-0.1, -0.05) is 237 Å². The normalized spacial score (nSPS) is 14.9. The van der Waals surface area contributed by atoms with E-state index in [0.29, 0.717) is 0 Å². The molecule has 0 saturated carbocycles. The Bertz CT molecular complexity index is 4270. The van der Waals surface area contributed by atoms with E-state index < -0.39 is 10.8 Å². The van der Waals surface area contributed by atoms with Crippen molar-refractivity contribution in [1.82, 2.24) is 4.57 Å². The molecular formula is C72H48N2. The first-order valence-corrected chi connectivity index (χ1v) is 25.8. The molecule has 0 radical (unpaired) electrons. The van der Waals surface area contributed by atoms with Gasteiger partial charge in [0.05, 0.1) is 21.9 Å². The summed E-state index contributed by atoms with van der Waals surface area (Å²) in [7, 11) is 0. The molecular weight excluding hydrogens is 893 g/mol. The zero-order valence-electron chi connectivity index (χ0n) is 40.6. The van der Waals surface area contributed by atoms with Gasteiger partial charge >= 0.3 is 0 Å². The molecule has 1 atom stereocenters. The van der Waals surface area contributed by atoms with Gasteiger partial charge in [-0.25, -0.2) is 0 Å². The van der Waals surface area contributed by atoms with Crippen LogP contribution in [0.5, 0.6) is 0 Å². The highest BCUT2D eigenvalue weighted by Gasteiger charge is 2.49. The van der Waals surface area contributed by atoms with Gasteiger partial charge in [0.25, 0.3) is 0 Å². The van der Waals surface area contributed by atoms with Crippen molar-refractivity contribution in [3.05, 3.63) is 336 Å². The van der Waals surface area contributed by atoms with Gasteiger partial charge in [0.15, 0.2) is 0 Å². The maximum Gasteiger partial charge on any atom is 0.0734 e. The Morgan fingerprint density at radius 3 is 1.34 bits per heavy atom. The maximum absolute atomic E-state index is 2.52. The van der Waals surface area contributed by atoms with Crippen LogP contribution in [0.15, 0.2) is 291 Å². The Kier molecular flexibility index (Phi) is 9.43. The average Bonchev–Trinajstić information content (AvgIpc) is 4.11. The number of para-hydroxylation sites is 3. The van der Waals surface area contributed by atoms with Crippen molar-refractivity contribution < 1.29 is 0 Å². The molecule has 2 heteroatoms. The van der Waals surface area contributed by atoms with Crippen LogP contribution in [0, 0.1) is 0 Å². The van der Waals surface area contributed by atoms with Crippen molar-refractivity contribution in [2.45, 2.75) is 10.8 Å². The number of benzene rings is 12. The minimum absolute atomic E-state index is 0.558. The number of rotatable bonds is 8. The van der Waals surface area contributed by atoms with E-state index in [-0.39, 0.29) is 0 Å². The Morgan fingerprint density at radius 1 is 0.270 bits per heavy atom. The summed E-state index contributed by atoms with van der Waals surface area (Å²) in [5, 5.41) is 4.87. The van der Waals surface area contributed by atoms with Gasteiger partial charge in [0, 0.05) is 33.5 Å². The van der Waals surface area contributed by atoms with E-state index in [0.717, 1.165) is 22.7 Å². The molecule has 0 amide bonds. The van der Waals surface area contributed by atoms with Crippen LogP contribution in [-0.2, 0) is 10.8 Å². The van der Waals surface area contributed by atoms with E-state index in [1.807, 2.05) is 0 Å². The first-order valence-electron chi connectivity index (χ1n) is 25.8. The SMILES string of the molecule is c1ccc(-n2c3ccccc3c3cccc(C4(c5ccccc5)c5ccccc5-c5ccc(N(c6ccc7c(c6)C(c6ccccc6)(c6ccccc6)c6ccccc6-7)c6ccc7ccccc7c6)cc54)c32)cc1. The van der Waals surface area contributed by atoms with Gasteiger partial charge in [0.1, 0.15) is 0 Å². The largest absolute Gasteiger partial charge is 0.310 e. The number of fused-ring (bicyclic) bond motifs is 10. The summed E-state index contributed by atoms with van der Waals surface area (Å²) in [5.41, 5.74) is 20.6. The predicted molar refractivity (Wildman–Crippen MR) is 308 cm³/mol. The molecule has 1 aromatic heterocycles. The van der Waals surface area contributed by atoms with Crippen molar-refractivity contribution in [3.63, 3.8) is 0 Å². The smallest absolute Gasteiger partial charge is 0.0734 e. The van der Waals surface area contributed by atoms with Gasteiger partial charge in [-0.15, -0.1) is 0 Å².